The monoisotopic (exact) mass is 290 g/mol. The normalized spacial score (nSPS) is 18.1. The maximum Gasteiger partial charge on any atom is 0.159 e. The van der Waals surface area contributed by atoms with Crippen molar-refractivity contribution in [2.75, 3.05) is 4.90 Å². The van der Waals surface area contributed by atoms with Crippen molar-refractivity contribution in [1.29, 1.82) is 0 Å². The zero-order chi connectivity index (χ0) is 14.3. The van der Waals surface area contributed by atoms with Gasteiger partial charge in [0.2, 0.25) is 0 Å². The van der Waals surface area contributed by atoms with Crippen LogP contribution in [0.4, 0.5) is 15.9 Å². The van der Waals surface area contributed by atoms with Gasteiger partial charge in [-0.05, 0) is 37.3 Å². The maximum absolute atomic E-state index is 13.1. The van der Waals surface area contributed by atoms with E-state index in [1.165, 1.54) is 12.1 Å². The minimum absolute atomic E-state index is 0.103. The molecule has 2 aromatic rings. The number of benzene rings is 1. The summed E-state index contributed by atoms with van der Waals surface area (Å²) in [5.41, 5.74) is 1.56. The Bertz CT molecular complexity index is 672. The van der Waals surface area contributed by atoms with Gasteiger partial charge in [-0.15, -0.1) is 0 Å². The molecule has 1 unspecified atom stereocenters. The molecule has 0 fully saturated rings. The number of hydrogen-bond acceptors (Lipinski definition) is 3. The Morgan fingerprint density at radius 2 is 1.95 bits per heavy atom. The summed E-state index contributed by atoms with van der Waals surface area (Å²) in [4.78, 5) is 18.2. The van der Waals surface area contributed by atoms with Crippen LogP contribution in [-0.4, -0.2) is 16.8 Å². The molecular weight excluding hydrogens is 279 g/mol. The van der Waals surface area contributed by atoms with Crippen molar-refractivity contribution in [3.8, 4) is 0 Å². The van der Waals surface area contributed by atoms with Crippen molar-refractivity contribution >= 4 is 28.9 Å². The number of ketones is 1. The highest BCUT2D eigenvalue weighted by Crippen LogP contribution is 2.34. The summed E-state index contributed by atoms with van der Waals surface area (Å²) in [7, 11) is 0. The fourth-order valence-electron chi connectivity index (χ4n) is 2.41. The van der Waals surface area contributed by atoms with E-state index in [0.29, 0.717) is 17.4 Å². The molecule has 5 heteroatoms. The topological polar surface area (TPSA) is 33.2 Å². The molecule has 0 spiro atoms. The molecule has 1 aromatic carbocycles. The van der Waals surface area contributed by atoms with E-state index >= 15 is 0 Å². The second kappa shape index (κ2) is 4.87. The van der Waals surface area contributed by atoms with Gasteiger partial charge in [-0.1, -0.05) is 17.7 Å². The van der Waals surface area contributed by atoms with Crippen molar-refractivity contribution in [3.63, 3.8) is 0 Å². The first-order chi connectivity index (χ1) is 9.56. The molecule has 0 N–H and O–H groups in total. The number of fused-ring (bicyclic) bond motifs is 1. The SMILES string of the molecule is CC1C(=O)Cc2ccc(Cl)nc2N1c1ccc(F)cc1. The van der Waals surface area contributed by atoms with Crippen LogP contribution in [0.3, 0.4) is 0 Å². The van der Waals surface area contributed by atoms with E-state index < -0.39 is 0 Å². The molecule has 0 saturated carbocycles. The van der Waals surface area contributed by atoms with Gasteiger partial charge < -0.3 is 4.90 Å². The van der Waals surface area contributed by atoms with E-state index in [1.54, 1.807) is 23.1 Å². The number of carbonyl (C=O) groups is 1. The number of Topliss-reactive ketones (excluding diaryl/α,β-unsaturated/α-hetero) is 1. The lowest BCUT2D eigenvalue weighted by atomic mass is 9.97. The van der Waals surface area contributed by atoms with Crippen molar-refractivity contribution < 1.29 is 9.18 Å². The Balaban J connectivity index is 2.15. The summed E-state index contributed by atoms with van der Waals surface area (Å²) in [6, 6.07) is 9.14. The van der Waals surface area contributed by atoms with Crippen LogP contribution >= 0.6 is 11.6 Å². The van der Waals surface area contributed by atoms with Gasteiger partial charge in [-0.25, -0.2) is 9.37 Å². The zero-order valence-corrected chi connectivity index (χ0v) is 11.6. The lowest BCUT2D eigenvalue weighted by Gasteiger charge is -2.34. The smallest absolute Gasteiger partial charge is 0.159 e. The van der Waals surface area contributed by atoms with Crippen LogP contribution < -0.4 is 4.90 Å². The maximum atomic E-state index is 13.1. The van der Waals surface area contributed by atoms with Crippen LogP contribution in [0.2, 0.25) is 5.15 Å². The molecule has 1 aliphatic rings. The first kappa shape index (κ1) is 13.1. The lowest BCUT2D eigenvalue weighted by Crippen LogP contribution is -2.41. The standard InChI is InChI=1S/C15H12ClFN2O/c1-9-13(20)8-10-2-7-14(16)18-15(10)19(9)12-5-3-11(17)4-6-12/h2-7,9H,8H2,1H3. The quantitative estimate of drug-likeness (QED) is 0.753. The highest BCUT2D eigenvalue weighted by molar-refractivity contribution is 6.29. The highest BCUT2D eigenvalue weighted by atomic mass is 35.5. The number of anilines is 2. The Morgan fingerprint density at radius 1 is 1.25 bits per heavy atom. The number of hydrogen-bond donors (Lipinski definition) is 0. The molecule has 1 aromatic heterocycles. The first-order valence-electron chi connectivity index (χ1n) is 6.29. The summed E-state index contributed by atoms with van der Waals surface area (Å²) in [5.74, 6) is 0.450. The number of pyridine rings is 1. The Labute approximate surface area is 121 Å². The summed E-state index contributed by atoms with van der Waals surface area (Å²) >= 11 is 5.96. The summed E-state index contributed by atoms with van der Waals surface area (Å²) in [6.07, 6.45) is 0.346. The Morgan fingerprint density at radius 3 is 2.65 bits per heavy atom. The third-order valence-corrected chi connectivity index (χ3v) is 3.68. The molecule has 3 rings (SSSR count). The van der Waals surface area contributed by atoms with Crippen molar-refractivity contribution in [2.24, 2.45) is 0 Å². The third-order valence-electron chi connectivity index (χ3n) is 3.47. The Kier molecular flexibility index (Phi) is 3.18. The molecule has 0 aliphatic carbocycles. The van der Waals surface area contributed by atoms with Crippen molar-refractivity contribution in [1.82, 2.24) is 4.98 Å². The van der Waals surface area contributed by atoms with Gasteiger partial charge in [-0.2, -0.15) is 0 Å². The number of nitrogens with zero attached hydrogens (tertiary/aromatic N) is 2. The second-order valence-corrected chi connectivity index (χ2v) is 5.17. The summed E-state index contributed by atoms with van der Waals surface area (Å²) < 4.78 is 13.1. The largest absolute Gasteiger partial charge is 0.316 e. The van der Waals surface area contributed by atoms with Crippen molar-refractivity contribution in [2.45, 2.75) is 19.4 Å². The molecular formula is C15H12ClFN2O. The number of halogens is 2. The Hall–Kier alpha value is -1.94. The summed E-state index contributed by atoms with van der Waals surface area (Å²) in [5, 5.41) is 0.373. The average Bonchev–Trinajstić information content (AvgIpc) is 2.42. The first-order valence-corrected chi connectivity index (χ1v) is 6.67. The predicted octanol–water partition coefficient (Wildman–Crippen LogP) is 3.53. The predicted molar refractivity (Wildman–Crippen MR) is 76.0 cm³/mol. The van der Waals surface area contributed by atoms with Gasteiger partial charge in [0.1, 0.15) is 16.8 Å². The second-order valence-electron chi connectivity index (χ2n) is 4.78. The van der Waals surface area contributed by atoms with E-state index in [0.717, 1.165) is 11.3 Å². The molecule has 1 aliphatic heterocycles. The van der Waals surface area contributed by atoms with E-state index in [9.17, 15) is 9.18 Å². The number of aromatic nitrogens is 1. The molecule has 0 bridgehead atoms. The van der Waals surface area contributed by atoms with Crippen LogP contribution in [-0.2, 0) is 11.2 Å². The van der Waals surface area contributed by atoms with Crippen LogP contribution in [0.1, 0.15) is 12.5 Å². The lowest BCUT2D eigenvalue weighted by molar-refractivity contribution is -0.119. The van der Waals surface area contributed by atoms with Crippen LogP contribution in [0.5, 0.6) is 0 Å². The molecule has 2 heterocycles. The fourth-order valence-corrected chi connectivity index (χ4v) is 2.55. The van der Waals surface area contributed by atoms with Gasteiger partial charge in [-0.3, -0.25) is 4.79 Å². The summed E-state index contributed by atoms with van der Waals surface area (Å²) in [6.45, 7) is 1.82. The minimum atomic E-state index is -0.348. The third kappa shape index (κ3) is 2.16. The minimum Gasteiger partial charge on any atom is -0.316 e. The van der Waals surface area contributed by atoms with Gasteiger partial charge in [0.05, 0.1) is 6.04 Å². The number of carbonyl (C=O) groups excluding carboxylic acids is 1. The fraction of sp³-hybridized carbons (Fsp3) is 0.200. The molecule has 0 amide bonds. The number of rotatable bonds is 1. The molecule has 0 radical (unpaired) electrons. The highest BCUT2D eigenvalue weighted by Gasteiger charge is 2.31. The van der Waals surface area contributed by atoms with E-state index in [4.69, 9.17) is 11.6 Å². The van der Waals surface area contributed by atoms with Gasteiger partial charge >= 0.3 is 0 Å². The van der Waals surface area contributed by atoms with Crippen LogP contribution in [0.25, 0.3) is 0 Å². The van der Waals surface area contributed by atoms with Crippen LogP contribution in [0, 0.1) is 5.82 Å². The van der Waals surface area contributed by atoms with Gasteiger partial charge in [0.15, 0.2) is 5.78 Å². The zero-order valence-electron chi connectivity index (χ0n) is 10.8. The molecule has 102 valence electrons. The molecule has 20 heavy (non-hydrogen) atoms. The molecule has 3 nitrogen and oxygen atoms in total. The van der Waals surface area contributed by atoms with Gasteiger partial charge in [0.25, 0.3) is 0 Å². The van der Waals surface area contributed by atoms with Crippen molar-refractivity contribution in [3.05, 3.63) is 52.9 Å². The average molecular weight is 291 g/mol. The molecule has 1 atom stereocenters. The van der Waals surface area contributed by atoms with Gasteiger partial charge in [0, 0.05) is 17.7 Å². The van der Waals surface area contributed by atoms with Crippen LogP contribution in [0.15, 0.2) is 36.4 Å². The van der Waals surface area contributed by atoms with E-state index in [1.807, 2.05) is 13.0 Å². The van der Waals surface area contributed by atoms with E-state index in [-0.39, 0.29) is 17.6 Å². The van der Waals surface area contributed by atoms with E-state index in [2.05, 4.69) is 4.98 Å². The molecule has 0 saturated heterocycles.